The van der Waals surface area contributed by atoms with E-state index in [1.165, 1.54) is 20.8 Å². The maximum Gasteiger partial charge on any atom is 0.333 e. The van der Waals surface area contributed by atoms with Gasteiger partial charge >= 0.3 is 29.8 Å². The molecule has 0 bridgehead atoms. The summed E-state index contributed by atoms with van der Waals surface area (Å²) in [5.74, 6) is -4.66. The average Bonchev–Trinajstić information content (AvgIpc) is 2.81. The molecule has 1 saturated carbocycles. The Balaban J connectivity index is 3.05. The first-order chi connectivity index (χ1) is 16.3. The van der Waals surface area contributed by atoms with Gasteiger partial charge in [0.1, 0.15) is 31.8 Å². The molecule has 0 spiro atoms. The van der Waals surface area contributed by atoms with E-state index in [0.29, 0.717) is 25.7 Å². The maximum absolute atomic E-state index is 12.7. The van der Waals surface area contributed by atoms with Gasteiger partial charge in [-0.2, -0.15) is 0 Å². The number of carboxylic acids is 1. The van der Waals surface area contributed by atoms with E-state index in [1.54, 1.807) is 0 Å². The minimum Gasteiger partial charge on any atom is -0.481 e. The van der Waals surface area contributed by atoms with Crippen molar-refractivity contribution < 1.29 is 48.0 Å². The second-order valence-electron chi connectivity index (χ2n) is 9.06. The third-order valence-corrected chi connectivity index (χ3v) is 5.50. The van der Waals surface area contributed by atoms with E-state index in [0.717, 1.165) is 0 Å². The number of ether oxygens (including phenoxy) is 4. The standard InChI is InChI=1S/C25H34O10/c1-15(2)21(28)32-11-25(12-33-22(29)16(3)4,13-34-23(30)17(5)6)14-35-24(31)19-9-7-18(8-10-19)20(26)27/h18-19H,1,3,5,7-14H2,2,4,6H3,(H,26,27). The third-order valence-electron chi connectivity index (χ3n) is 5.50. The first-order valence-corrected chi connectivity index (χ1v) is 11.2. The van der Waals surface area contributed by atoms with Gasteiger partial charge in [-0.3, -0.25) is 9.59 Å². The quantitative estimate of drug-likeness (QED) is 0.231. The second-order valence-corrected chi connectivity index (χ2v) is 9.06. The lowest BCUT2D eigenvalue weighted by Crippen LogP contribution is -2.44. The molecule has 194 valence electrons. The van der Waals surface area contributed by atoms with Gasteiger partial charge in [-0.05, 0) is 46.5 Å². The van der Waals surface area contributed by atoms with Gasteiger partial charge in [-0.1, -0.05) is 19.7 Å². The Labute approximate surface area is 204 Å². The van der Waals surface area contributed by atoms with Gasteiger partial charge in [0.25, 0.3) is 0 Å². The molecular formula is C25H34O10. The molecule has 1 fully saturated rings. The predicted octanol–water partition coefficient (Wildman–Crippen LogP) is 2.76. The highest BCUT2D eigenvalue weighted by molar-refractivity contribution is 5.88. The molecular weight excluding hydrogens is 460 g/mol. The Kier molecular flexibility index (Phi) is 11.4. The van der Waals surface area contributed by atoms with Gasteiger partial charge in [-0.15, -0.1) is 0 Å². The van der Waals surface area contributed by atoms with Crippen LogP contribution in [0.2, 0.25) is 0 Å². The molecule has 10 heteroatoms. The lowest BCUT2D eigenvalue weighted by atomic mass is 9.82. The minimum atomic E-state index is -1.42. The molecule has 0 amide bonds. The van der Waals surface area contributed by atoms with Crippen molar-refractivity contribution in [1.82, 2.24) is 0 Å². The molecule has 0 aromatic heterocycles. The van der Waals surface area contributed by atoms with Gasteiger partial charge in [0.15, 0.2) is 0 Å². The van der Waals surface area contributed by atoms with Gasteiger partial charge in [0, 0.05) is 16.7 Å². The Morgan fingerprint density at radius 3 is 1.29 bits per heavy atom. The monoisotopic (exact) mass is 494 g/mol. The lowest BCUT2D eigenvalue weighted by Gasteiger charge is -2.32. The molecule has 1 aliphatic carbocycles. The van der Waals surface area contributed by atoms with E-state index in [9.17, 15) is 24.0 Å². The van der Waals surface area contributed by atoms with Crippen LogP contribution in [0.15, 0.2) is 36.5 Å². The first-order valence-electron chi connectivity index (χ1n) is 11.2. The number of hydrogen-bond donors (Lipinski definition) is 1. The molecule has 1 N–H and O–H groups in total. The number of carbonyl (C=O) groups excluding carboxylic acids is 4. The van der Waals surface area contributed by atoms with Crippen molar-refractivity contribution in [2.24, 2.45) is 17.3 Å². The zero-order chi connectivity index (χ0) is 26.8. The fraction of sp³-hybridized carbons (Fsp3) is 0.560. The average molecular weight is 495 g/mol. The summed E-state index contributed by atoms with van der Waals surface area (Å²) in [6.45, 7) is 13.2. The van der Waals surface area contributed by atoms with E-state index < -0.39 is 73.5 Å². The van der Waals surface area contributed by atoms with E-state index in [2.05, 4.69) is 19.7 Å². The van der Waals surface area contributed by atoms with Crippen LogP contribution in [-0.4, -0.2) is 61.4 Å². The van der Waals surface area contributed by atoms with Gasteiger partial charge < -0.3 is 24.1 Å². The number of carboxylic acid groups (broad SMARTS) is 1. The lowest BCUT2D eigenvalue weighted by molar-refractivity contribution is -0.170. The summed E-state index contributed by atoms with van der Waals surface area (Å²) >= 11 is 0. The second kappa shape index (κ2) is 13.5. The molecule has 0 saturated heterocycles. The highest BCUT2D eigenvalue weighted by atomic mass is 16.6. The summed E-state index contributed by atoms with van der Waals surface area (Å²) in [7, 11) is 0. The van der Waals surface area contributed by atoms with Crippen LogP contribution in [0.1, 0.15) is 46.5 Å². The zero-order valence-electron chi connectivity index (χ0n) is 20.6. The highest BCUT2D eigenvalue weighted by Gasteiger charge is 2.39. The van der Waals surface area contributed by atoms with Crippen molar-refractivity contribution in [1.29, 1.82) is 0 Å². The predicted molar refractivity (Wildman–Crippen MR) is 124 cm³/mol. The molecule has 0 unspecified atom stereocenters. The molecule has 35 heavy (non-hydrogen) atoms. The summed E-state index contributed by atoms with van der Waals surface area (Å²) in [5, 5.41) is 9.14. The SMILES string of the molecule is C=C(C)C(=O)OCC(COC(=O)C(=C)C)(COC(=O)C(=C)C)COC(=O)C1CCC(C(=O)O)CC1. The van der Waals surface area contributed by atoms with Crippen LogP contribution in [0.3, 0.4) is 0 Å². The van der Waals surface area contributed by atoms with Gasteiger partial charge in [0.05, 0.1) is 11.8 Å². The van der Waals surface area contributed by atoms with Crippen LogP contribution in [0.4, 0.5) is 0 Å². The van der Waals surface area contributed by atoms with E-state index >= 15 is 0 Å². The van der Waals surface area contributed by atoms with E-state index in [-0.39, 0.29) is 16.7 Å². The van der Waals surface area contributed by atoms with Crippen molar-refractivity contribution in [3.05, 3.63) is 36.5 Å². The fourth-order valence-corrected chi connectivity index (χ4v) is 3.19. The molecule has 0 aliphatic heterocycles. The number of esters is 4. The van der Waals surface area contributed by atoms with E-state index in [4.69, 9.17) is 24.1 Å². The normalized spacial score (nSPS) is 17.5. The summed E-state index contributed by atoms with van der Waals surface area (Å²) < 4.78 is 21.2. The first kappa shape index (κ1) is 29.6. The molecule has 1 aliphatic rings. The smallest absolute Gasteiger partial charge is 0.333 e. The zero-order valence-corrected chi connectivity index (χ0v) is 20.6. The third kappa shape index (κ3) is 9.76. The molecule has 0 aromatic carbocycles. The fourth-order valence-electron chi connectivity index (χ4n) is 3.19. The number of hydrogen-bond acceptors (Lipinski definition) is 9. The number of rotatable bonds is 13. The minimum absolute atomic E-state index is 0.115. The number of aliphatic carboxylic acids is 1. The van der Waals surface area contributed by atoms with Gasteiger partial charge in [-0.25, -0.2) is 14.4 Å². The molecule has 0 radical (unpaired) electrons. The molecule has 0 atom stereocenters. The van der Waals surface area contributed by atoms with Crippen LogP contribution in [-0.2, 0) is 42.9 Å². The van der Waals surface area contributed by atoms with Gasteiger partial charge in [0.2, 0.25) is 0 Å². The Morgan fingerprint density at radius 1 is 0.657 bits per heavy atom. The molecule has 10 nitrogen and oxygen atoms in total. The van der Waals surface area contributed by atoms with Crippen molar-refractivity contribution in [2.75, 3.05) is 26.4 Å². The van der Waals surface area contributed by atoms with Crippen LogP contribution in [0.5, 0.6) is 0 Å². The highest BCUT2D eigenvalue weighted by Crippen LogP contribution is 2.31. The van der Waals surface area contributed by atoms with Crippen molar-refractivity contribution in [2.45, 2.75) is 46.5 Å². The summed E-state index contributed by atoms with van der Waals surface area (Å²) in [6, 6.07) is 0. The van der Waals surface area contributed by atoms with Crippen molar-refractivity contribution in [3.8, 4) is 0 Å². The van der Waals surface area contributed by atoms with Crippen molar-refractivity contribution >= 4 is 29.8 Å². The van der Waals surface area contributed by atoms with E-state index in [1.807, 2.05) is 0 Å². The largest absolute Gasteiger partial charge is 0.481 e. The molecule has 0 heterocycles. The molecule has 1 rings (SSSR count). The summed E-state index contributed by atoms with van der Waals surface area (Å²) in [6.07, 6.45) is 1.40. The Hall–Kier alpha value is -3.43. The topological polar surface area (TPSA) is 142 Å². The summed E-state index contributed by atoms with van der Waals surface area (Å²) in [5.41, 5.74) is -1.08. The molecule has 0 aromatic rings. The Bertz CT molecular complexity index is 803. The van der Waals surface area contributed by atoms with Crippen LogP contribution in [0.25, 0.3) is 0 Å². The van der Waals surface area contributed by atoms with Crippen LogP contribution in [0, 0.1) is 17.3 Å². The van der Waals surface area contributed by atoms with Crippen molar-refractivity contribution in [3.63, 3.8) is 0 Å². The summed E-state index contributed by atoms with van der Waals surface area (Å²) in [4.78, 5) is 60.0. The number of carbonyl (C=O) groups is 5. The maximum atomic E-state index is 12.7. The van der Waals surface area contributed by atoms with Crippen LogP contribution >= 0.6 is 0 Å². The Morgan fingerprint density at radius 2 is 0.971 bits per heavy atom. The van der Waals surface area contributed by atoms with Crippen LogP contribution < -0.4 is 0 Å².